The molecule has 1 atom stereocenters. The Bertz CT molecular complexity index is 1160. The number of halogens is 1. The van der Waals surface area contributed by atoms with E-state index < -0.39 is 5.82 Å². The molecule has 0 aliphatic rings. The number of hydrogen-bond donors (Lipinski definition) is 2. The minimum atomic E-state index is -0.393. The summed E-state index contributed by atoms with van der Waals surface area (Å²) in [5.41, 5.74) is 3.08. The number of benzene rings is 2. The van der Waals surface area contributed by atoms with Crippen molar-refractivity contribution in [1.82, 2.24) is 25.1 Å². The number of rotatable bonds is 6. The second-order valence-corrected chi connectivity index (χ2v) is 7.80. The van der Waals surface area contributed by atoms with Crippen molar-refractivity contribution in [3.8, 4) is 5.69 Å². The second-order valence-electron chi connectivity index (χ2n) is 7.80. The van der Waals surface area contributed by atoms with E-state index in [1.54, 1.807) is 25.1 Å². The molecule has 0 saturated heterocycles. The molecule has 7 heteroatoms. The van der Waals surface area contributed by atoms with E-state index >= 15 is 0 Å². The molecule has 6 nitrogen and oxygen atoms in total. The molecule has 4 rings (SSSR count). The lowest BCUT2D eigenvalue weighted by atomic mass is 10.0. The number of carbonyl (C=O) groups excluding carboxylic acids is 1. The lowest BCUT2D eigenvalue weighted by Gasteiger charge is -2.18. The molecule has 30 heavy (non-hydrogen) atoms. The molecule has 2 aromatic heterocycles. The van der Waals surface area contributed by atoms with Gasteiger partial charge in [-0.25, -0.2) is 14.1 Å². The number of hydrogen-bond acceptors (Lipinski definition) is 3. The molecule has 2 N–H and O–H groups in total. The van der Waals surface area contributed by atoms with Crippen LogP contribution in [-0.4, -0.2) is 25.7 Å². The summed E-state index contributed by atoms with van der Waals surface area (Å²) in [5, 5.41) is 7.32. The second kappa shape index (κ2) is 8.10. The summed E-state index contributed by atoms with van der Waals surface area (Å²) in [7, 11) is 0. The smallest absolute Gasteiger partial charge is 0.255 e. The summed E-state index contributed by atoms with van der Waals surface area (Å²) in [4.78, 5) is 21.0. The summed E-state index contributed by atoms with van der Waals surface area (Å²) >= 11 is 0. The van der Waals surface area contributed by atoms with Crippen LogP contribution in [0.25, 0.3) is 16.7 Å². The van der Waals surface area contributed by atoms with Crippen LogP contribution in [0.15, 0.2) is 54.7 Å². The maximum Gasteiger partial charge on any atom is 0.255 e. The highest BCUT2D eigenvalue weighted by molar-refractivity contribution is 5.95. The van der Waals surface area contributed by atoms with Crippen LogP contribution in [0.1, 0.15) is 48.2 Å². The van der Waals surface area contributed by atoms with E-state index in [-0.39, 0.29) is 11.9 Å². The summed E-state index contributed by atoms with van der Waals surface area (Å²) in [5.74, 6) is 0.417. The maximum absolute atomic E-state index is 14.2. The standard InChI is InChI=1S/C23H24FN5O/c1-14(2)12-20(22-26-18-9-5-6-10-19(18)27-22)28-23(30)16-13-25-29(15(16)3)21-11-7-4-8-17(21)24/h4-11,13-14,20H,12H2,1-3H3,(H,26,27)(H,28,30). The van der Waals surface area contributed by atoms with Crippen LogP contribution in [0.5, 0.6) is 0 Å². The third kappa shape index (κ3) is 3.83. The van der Waals surface area contributed by atoms with Gasteiger partial charge in [-0.05, 0) is 43.5 Å². The first-order chi connectivity index (χ1) is 14.4. The van der Waals surface area contributed by atoms with Crippen LogP contribution in [0.3, 0.4) is 0 Å². The summed E-state index contributed by atoms with van der Waals surface area (Å²) in [6, 6.07) is 13.9. The topological polar surface area (TPSA) is 75.6 Å². The van der Waals surface area contributed by atoms with Gasteiger partial charge >= 0.3 is 0 Å². The molecular formula is C23H24FN5O. The number of nitrogens with one attached hydrogen (secondary N) is 2. The highest BCUT2D eigenvalue weighted by Crippen LogP contribution is 2.23. The summed E-state index contributed by atoms with van der Waals surface area (Å²) < 4.78 is 15.6. The highest BCUT2D eigenvalue weighted by atomic mass is 19.1. The van der Waals surface area contributed by atoms with Gasteiger partial charge in [0.05, 0.1) is 34.5 Å². The van der Waals surface area contributed by atoms with Crippen molar-refractivity contribution in [2.24, 2.45) is 5.92 Å². The van der Waals surface area contributed by atoms with Crippen molar-refractivity contribution < 1.29 is 9.18 Å². The number of fused-ring (bicyclic) bond motifs is 1. The fraction of sp³-hybridized carbons (Fsp3) is 0.261. The number of para-hydroxylation sites is 3. The molecular weight excluding hydrogens is 381 g/mol. The minimum absolute atomic E-state index is 0.263. The zero-order chi connectivity index (χ0) is 21.3. The molecule has 0 radical (unpaired) electrons. The van der Waals surface area contributed by atoms with Crippen LogP contribution in [0.2, 0.25) is 0 Å². The molecule has 0 saturated carbocycles. The third-order valence-corrected chi connectivity index (χ3v) is 5.09. The molecule has 2 aromatic carbocycles. The third-order valence-electron chi connectivity index (χ3n) is 5.09. The van der Waals surface area contributed by atoms with Crippen LogP contribution in [0.4, 0.5) is 4.39 Å². The molecule has 0 fully saturated rings. The van der Waals surface area contributed by atoms with Crippen molar-refractivity contribution in [2.45, 2.75) is 33.2 Å². The van der Waals surface area contributed by atoms with Crippen molar-refractivity contribution in [1.29, 1.82) is 0 Å². The fourth-order valence-corrected chi connectivity index (χ4v) is 3.58. The van der Waals surface area contributed by atoms with Gasteiger partial charge in [0.2, 0.25) is 0 Å². The molecule has 0 bridgehead atoms. The Kier molecular flexibility index (Phi) is 5.35. The fourth-order valence-electron chi connectivity index (χ4n) is 3.58. The Hall–Kier alpha value is -3.48. The normalized spacial score (nSPS) is 12.4. The average molecular weight is 405 g/mol. The largest absolute Gasteiger partial charge is 0.342 e. The van der Waals surface area contributed by atoms with E-state index in [0.717, 1.165) is 23.3 Å². The number of carbonyl (C=O) groups is 1. The molecule has 4 aromatic rings. The molecule has 0 aliphatic heterocycles. The number of nitrogens with zero attached hydrogens (tertiary/aromatic N) is 3. The van der Waals surface area contributed by atoms with Gasteiger partial charge in [-0.1, -0.05) is 38.1 Å². The van der Waals surface area contributed by atoms with Gasteiger partial charge in [-0.2, -0.15) is 5.10 Å². The first-order valence-electron chi connectivity index (χ1n) is 9.99. The lowest BCUT2D eigenvalue weighted by Crippen LogP contribution is -2.30. The van der Waals surface area contributed by atoms with Crippen LogP contribution in [-0.2, 0) is 0 Å². The molecule has 1 unspecified atom stereocenters. The predicted molar refractivity (Wildman–Crippen MR) is 114 cm³/mol. The Balaban J connectivity index is 1.62. The van der Waals surface area contributed by atoms with Gasteiger partial charge in [0.1, 0.15) is 17.3 Å². The van der Waals surface area contributed by atoms with E-state index in [1.165, 1.54) is 16.9 Å². The Morgan fingerprint density at radius 1 is 1.17 bits per heavy atom. The highest BCUT2D eigenvalue weighted by Gasteiger charge is 2.23. The van der Waals surface area contributed by atoms with Crippen molar-refractivity contribution >= 4 is 16.9 Å². The van der Waals surface area contributed by atoms with Crippen LogP contribution in [0, 0.1) is 18.7 Å². The number of aromatic amines is 1. The minimum Gasteiger partial charge on any atom is -0.342 e. The van der Waals surface area contributed by atoms with Gasteiger partial charge in [-0.15, -0.1) is 0 Å². The van der Waals surface area contributed by atoms with Gasteiger partial charge < -0.3 is 10.3 Å². The van der Waals surface area contributed by atoms with Gasteiger partial charge in [0, 0.05) is 0 Å². The first-order valence-corrected chi connectivity index (χ1v) is 9.99. The average Bonchev–Trinajstić information content (AvgIpc) is 3.31. The van der Waals surface area contributed by atoms with Crippen LogP contribution < -0.4 is 5.32 Å². The molecule has 154 valence electrons. The molecule has 0 aliphatic carbocycles. The molecule has 0 spiro atoms. The molecule has 2 heterocycles. The SMILES string of the molecule is Cc1c(C(=O)NC(CC(C)C)c2nc3ccccc3[nH]2)cnn1-c1ccccc1F. The summed E-state index contributed by atoms with van der Waals surface area (Å²) in [6.45, 7) is 5.96. The lowest BCUT2D eigenvalue weighted by molar-refractivity contribution is 0.0929. The van der Waals surface area contributed by atoms with E-state index in [9.17, 15) is 9.18 Å². The summed E-state index contributed by atoms with van der Waals surface area (Å²) in [6.07, 6.45) is 2.20. The van der Waals surface area contributed by atoms with Crippen molar-refractivity contribution in [2.75, 3.05) is 0 Å². The van der Waals surface area contributed by atoms with Crippen molar-refractivity contribution in [3.63, 3.8) is 0 Å². The number of amides is 1. The van der Waals surface area contributed by atoms with Gasteiger partial charge in [0.25, 0.3) is 5.91 Å². The van der Waals surface area contributed by atoms with Gasteiger partial charge in [0.15, 0.2) is 0 Å². The van der Waals surface area contributed by atoms with Crippen LogP contribution >= 0.6 is 0 Å². The van der Waals surface area contributed by atoms with E-state index in [4.69, 9.17) is 0 Å². The number of imidazole rings is 1. The van der Waals surface area contributed by atoms with Gasteiger partial charge in [-0.3, -0.25) is 4.79 Å². The Morgan fingerprint density at radius 2 is 1.90 bits per heavy atom. The zero-order valence-corrected chi connectivity index (χ0v) is 17.2. The Morgan fingerprint density at radius 3 is 2.63 bits per heavy atom. The Labute approximate surface area is 174 Å². The van der Waals surface area contributed by atoms with E-state index in [2.05, 4.69) is 34.2 Å². The number of aromatic nitrogens is 4. The maximum atomic E-state index is 14.2. The predicted octanol–water partition coefficient (Wildman–Crippen LogP) is 4.71. The monoisotopic (exact) mass is 405 g/mol. The zero-order valence-electron chi connectivity index (χ0n) is 17.2. The van der Waals surface area contributed by atoms with E-state index in [1.807, 2.05) is 24.3 Å². The quantitative estimate of drug-likeness (QED) is 0.488. The van der Waals surface area contributed by atoms with E-state index in [0.29, 0.717) is 22.9 Å². The number of H-pyrrole nitrogens is 1. The molecule has 1 amide bonds. The van der Waals surface area contributed by atoms with Crippen molar-refractivity contribution in [3.05, 3.63) is 77.6 Å². The first kappa shape index (κ1) is 19.8.